The molecule has 10 nitrogen and oxygen atoms in total. The average molecular weight is 667 g/mol. The van der Waals surface area contributed by atoms with Gasteiger partial charge in [-0.05, 0) is 62.1 Å². The van der Waals surface area contributed by atoms with Crippen LogP contribution in [-0.2, 0) is 33.7 Å². The maximum atomic E-state index is 14.5. The Hall–Kier alpha value is -4.06. The van der Waals surface area contributed by atoms with Gasteiger partial charge in [0, 0.05) is 51.5 Å². The first-order valence-corrected chi connectivity index (χ1v) is 16.9. The Morgan fingerprint density at radius 3 is 2.50 bits per heavy atom. The highest BCUT2D eigenvalue weighted by molar-refractivity contribution is 5.93. The molecule has 3 aliphatic rings. The van der Waals surface area contributed by atoms with Crippen molar-refractivity contribution in [2.75, 3.05) is 26.7 Å². The predicted molar refractivity (Wildman–Crippen MR) is 178 cm³/mol. The molecule has 3 amide bonds. The minimum absolute atomic E-state index is 0.205. The van der Waals surface area contributed by atoms with E-state index in [0.29, 0.717) is 37.3 Å². The number of benzene rings is 1. The second kappa shape index (κ2) is 15.0. The van der Waals surface area contributed by atoms with E-state index in [2.05, 4.69) is 15.6 Å². The van der Waals surface area contributed by atoms with E-state index in [1.165, 1.54) is 18.2 Å². The fourth-order valence-corrected chi connectivity index (χ4v) is 6.49. The number of halogens is 2. The molecule has 1 aliphatic carbocycles. The molecule has 12 heteroatoms. The van der Waals surface area contributed by atoms with Gasteiger partial charge in [-0.25, -0.2) is 13.8 Å². The Morgan fingerprint density at radius 1 is 1.10 bits per heavy atom. The molecule has 0 radical (unpaired) electrons. The van der Waals surface area contributed by atoms with Crippen LogP contribution in [-0.4, -0.2) is 88.0 Å². The van der Waals surface area contributed by atoms with Gasteiger partial charge in [0.15, 0.2) is 0 Å². The van der Waals surface area contributed by atoms with E-state index in [-0.39, 0.29) is 48.9 Å². The van der Waals surface area contributed by atoms with Gasteiger partial charge in [0.25, 0.3) is 5.91 Å². The molecular weight excluding hydrogens is 618 g/mol. The lowest BCUT2D eigenvalue weighted by Gasteiger charge is -2.37. The van der Waals surface area contributed by atoms with Gasteiger partial charge in [-0.2, -0.15) is 0 Å². The van der Waals surface area contributed by atoms with Gasteiger partial charge in [0.2, 0.25) is 11.8 Å². The van der Waals surface area contributed by atoms with E-state index in [0.717, 1.165) is 30.8 Å². The second-order valence-electron chi connectivity index (χ2n) is 14.2. The van der Waals surface area contributed by atoms with E-state index in [9.17, 15) is 23.2 Å². The monoisotopic (exact) mass is 666 g/mol. The van der Waals surface area contributed by atoms with Crippen LogP contribution < -0.4 is 10.6 Å². The largest absolute Gasteiger partial charge is 0.493 e. The number of hydrogen-bond donors (Lipinski definition) is 2. The van der Waals surface area contributed by atoms with Crippen molar-refractivity contribution in [1.82, 2.24) is 30.0 Å². The number of ether oxygens (including phenoxy) is 1. The van der Waals surface area contributed by atoms with Crippen LogP contribution in [0.1, 0.15) is 75.3 Å². The van der Waals surface area contributed by atoms with Crippen molar-refractivity contribution in [3.05, 3.63) is 77.1 Å². The third-order valence-corrected chi connectivity index (χ3v) is 9.44. The summed E-state index contributed by atoms with van der Waals surface area (Å²) in [5, 5.41) is 5.89. The van der Waals surface area contributed by atoms with Crippen molar-refractivity contribution >= 4 is 17.7 Å². The normalized spacial score (nSPS) is 20.4. The summed E-state index contributed by atoms with van der Waals surface area (Å²) in [4.78, 5) is 49.7. The zero-order valence-electron chi connectivity index (χ0n) is 28.6. The van der Waals surface area contributed by atoms with Gasteiger partial charge in [0.05, 0.1) is 24.4 Å². The summed E-state index contributed by atoms with van der Waals surface area (Å²) in [5.41, 5.74) is 0.614. The molecule has 260 valence electrons. The fourth-order valence-electron chi connectivity index (χ4n) is 6.49. The highest BCUT2D eigenvalue weighted by atomic mass is 19.1. The molecular formula is C36H48F2N6O4. The van der Waals surface area contributed by atoms with Crippen LogP contribution >= 0.6 is 0 Å². The lowest BCUT2D eigenvalue weighted by molar-refractivity contribution is -0.141. The number of imidazole rings is 1. The van der Waals surface area contributed by atoms with E-state index in [1.807, 2.05) is 25.3 Å². The summed E-state index contributed by atoms with van der Waals surface area (Å²) >= 11 is 0. The maximum absolute atomic E-state index is 14.5. The molecule has 1 fully saturated rings. The molecule has 5 rings (SSSR count). The minimum atomic E-state index is -0.840. The number of likely N-dealkylation sites (tertiary alicyclic amines) is 1. The second-order valence-corrected chi connectivity index (χ2v) is 14.2. The van der Waals surface area contributed by atoms with Gasteiger partial charge < -0.3 is 29.7 Å². The standard InChI is InChI=1S/C36H48F2N6O4/c1-23(39-5)33(45)41-32(36(2,3)4)35(47)44-21-29(48-28-14-12-26(38)13-15-28)19-27(44)20-43(18-16-24-8-10-25(37)11-9-24)34(46)30-22-42-17-6-7-31(42)40-30/h8-12,14,22-23,27,29,32,39H,6-7,13,15-21H2,1-5H3,(H,41,45)/t23-,27-,29-,32+/m0/s1. The molecule has 1 saturated heterocycles. The van der Waals surface area contributed by atoms with Crippen molar-refractivity contribution < 1.29 is 27.9 Å². The number of likely N-dealkylation sites (N-methyl/N-ethyl adjacent to an activating group) is 1. The quantitative estimate of drug-likeness (QED) is 0.350. The van der Waals surface area contributed by atoms with Crippen molar-refractivity contribution in [1.29, 1.82) is 0 Å². The van der Waals surface area contributed by atoms with Crippen LogP contribution in [0.2, 0.25) is 0 Å². The number of carbonyl (C=O) groups excluding carboxylic acids is 3. The van der Waals surface area contributed by atoms with Gasteiger partial charge in [-0.1, -0.05) is 32.9 Å². The molecule has 48 heavy (non-hydrogen) atoms. The van der Waals surface area contributed by atoms with Crippen molar-refractivity contribution in [3.8, 4) is 0 Å². The van der Waals surface area contributed by atoms with Crippen molar-refractivity contribution in [2.24, 2.45) is 5.41 Å². The minimum Gasteiger partial charge on any atom is -0.493 e. The summed E-state index contributed by atoms with van der Waals surface area (Å²) in [5.74, 6) is 0.202. The van der Waals surface area contributed by atoms with Crippen molar-refractivity contribution in [2.45, 2.75) is 97.0 Å². The SMILES string of the molecule is CN[C@@H](C)C(=O)N[C@H](C(=O)N1C[C@@H](OC2=CC=C(F)CC2)C[C@H]1CN(CCc1ccc(F)cc1)C(=O)c1cn2c(n1)CCC2)C(C)(C)C. The third kappa shape index (κ3) is 8.50. The maximum Gasteiger partial charge on any atom is 0.274 e. The number of amides is 3. The number of allylic oxidation sites excluding steroid dienone is 4. The first kappa shape index (κ1) is 35.3. The molecule has 2 aromatic rings. The summed E-state index contributed by atoms with van der Waals surface area (Å²) in [6.45, 7) is 9.04. The summed E-state index contributed by atoms with van der Waals surface area (Å²) < 4.78 is 35.7. The number of nitrogens with zero attached hydrogens (tertiary/aromatic N) is 4. The first-order chi connectivity index (χ1) is 22.8. The zero-order chi connectivity index (χ0) is 34.6. The Bertz CT molecular complexity index is 1520. The lowest BCUT2D eigenvalue weighted by atomic mass is 9.85. The van der Waals surface area contributed by atoms with Gasteiger partial charge in [0.1, 0.15) is 35.3 Å². The molecule has 2 aliphatic heterocycles. The molecule has 0 saturated carbocycles. The number of carbonyl (C=O) groups is 3. The highest BCUT2D eigenvalue weighted by Gasteiger charge is 2.44. The molecule has 3 heterocycles. The molecule has 0 unspecified atom stereocenters. The van der Waals surface area contributed by atoms with E-state index in [4.69, 9.17) is 4.74 Å². The topological polar surface area (TPSA) is 109 Å². The number of fused-ring (bicyclic) bond motifs is 1. The highest BCUT2D eigenvalue weighted by Crippen LogP contribution is 2.31. The summed E-state index contributed by atoms with van der Waals surface area (Å²) in [6, 6.07) is 4.43. The first-order valence-electron chi connectivity index (χ1n) is 16.9. The Morgan fingerprint density at radius 2 is 1.85 bits per heavy atom. The number of nitrogens with one attached hydrogen (secondary N) is 2. The third-order valence-electron chi connectivity index (χ3n) is 9.44. The van der Waals surface area contributed by atoms with E-state index in [1.54, 1.807) is 48.2 Å². The van der Waals surface area contributed by atoms with Crippen LogP contribution in [0.3, 0.4) is 0 Å². The predicted octanol–water partition coefficient (Wildman–Crippen LogP) is 4.31. The fraction of sp³-hybridized carbons (Fsp3) is 0.556. The smallest absolute Gasteiger partial charge is 0.274 e. The summed E-state index contributed by atoms with van der Waals surface area (Å²) in [7, 11) is 1.68. The van der Waals surface area contributed by atoms with Crippen LogP contribution in [0.15, 0.2) is 54.2 Å². The zero-order valence-corrected chi connectivity index (χ0v) is 28.6. The Kier molecular flexibility index (Phi) is 11.0. The number of hydrogen-bond acceptors (Lipinski definition) is 6. The molecule has 0 spiro atoms. The Balaban J connectivity index is 1.43. The molecule has 0 bridgehead atoms. The molecule has 1 aromatic carbocycles. The van der Waals surface area contributed by atoms with Crippen LogP contribution in [0, 0.1) is 11.2 Å². The van der Waals surface area contributed by atoms with Gasteiger partial charge >= 0.3 is 0 Å². The molecule has 1 aromatic heterocycles. The summed E-state index contributed by atoms with van der Waals surface area (Å²) in [6.07, 6.45) is 7.84. The van der Waals surface area contributed by atoms with Gasteiger partial charge in [-0.3, -0.25) is 14.4 Å². The number of aryl methyl sites for hydroxylation is 2. The van der Waals surface area contributed by atoms with Crippen molar-refractivity contribution in [3.63, 3.8) is 0 Å². The molecule has 2 N–H and O–H groups in total. The number of rotatable bonds is 12. The molecule has 4 atom stereocenters. The van der Waals surface area contributed by atoms with E-state index < -0.39 is 29.6 Å². The van der Waals surface area contributed by atoms with Crippen LogP contribution in [0.4, 0.5) is 8.78 Å². The number of aromatic nitrogens is 2. The Labute approximate surface area is 281 Å². The van der Waals surface area contributed by atoms with E-state index >= 15 is 0 Å². The lowest BCUT2D eigenvalue weighted by Crippen LogP contribution is -2.59. The van der Waals surface area contributed by atoms with Crippen LogP contribution in [0.25, 0.3) is 0 Å². The van der Waals surface area contributed by atoms with Gasteiger partial charge in [-0.15, -0.1) is 0 Å². The average Bonchev–Trinajstić information content (AvgIpc) is 3.78. The van der Waals surface area contributed by atoms with Crippen LogP contribution in [0.5, 0.6) is 0 Å².